The molecule has 5 heteroatoms. The van der Waals surface area contributed by atoms with Gasteiger partial charge >= 0.3 is 0 Å². The van der Waals surface area contributed by atoms with Crippen LogP contribution in [0, 0.1) is 5.92 Å². The third-order valence-corrected chi connectivity index (χ3v) is 4.13. The monoisotopic (exact) mass is 311 g/mol. The van der Waals surface area contributed by atoms with E-state index in [1.165, 1.54) is 0 Å². The molecule has 3 rings (SSSR count). The molecule has 0 aliphatic heterocycles. The third-order valence-electron chi connectivity index (χ3n) is 4.13. The summed E-state index contributed by atoms with van der Waals surface area (Å²) in [5.74, 6) is -0.0608. The van der Waals surface area contributed by atoms with Crippen molar-refractivity contribution in [3.8, 4) is 0 Å². The van der Waals surface area contributed by atoms with Crippen LogP contribution in [-0.2, 0) is 0 Å². The lowest BCUT2D eigenvalue weighted by atomic mass is 10.1. The number of aromatic nitrogens is 1. The summed E-state index contributed by atoms with van der Waals surface area (Å²) in [5, 5.41) is 13.2. The molecule has 0 saturated heterocycles. The van der Waals surface area contributed by atoms with Gasteiger partial charge in [0.1, 0.15) is 5.69 Å². The Balaban J connectivity index is 1.87. The Bertz CT molecular complexity index is 755. The van der Waals surface area contributed by atoms with Crippen LogP contribution in [0.3, 0.4) is 0 Å². The Labute approximate surface area is 135 Å². The highest BCUT2D eigenvalue weighted by Crippen LogP contribution is 2.25. The number of para-hydroxylation sites is 1. The van der Waals surface area contributed by atoms with Gasteiger partial charge in [-0.15, -0.1) is 0 Å². The number of pyridine rings is 1. The fraction of sp³-hybridized carbons (Fsp3) is 0.333. The highest BCUT2D eigenvalue weighted by molar-refractivity contribution is 6.00. The third kappa shape index (κ3) is 3.19. The molecule has 0 radical (unpaired) electrons. The van der Waals surface area contributed by atoms with Crippen molar-refractivity contribution in [1.29, 1.82) is 0 Å². The Morgan fingerprint density at radius 1 is 1.35 bits per heavy atom. The summed E-state index contributed by atoms with van der Waals surface area (Å²) < 4.78 is 0. The van der Waals surface area contributed by atoms with Gasteiger partial charge in [-0.25, -0.2) is 4.98 Å². The number of hydrogen-bond acceptors (Lipinski definition) is 4. The SMILES string of the molecule is CN(C)c1cc(C(=O)N[C@@H]2C=C[C@H](CO)C2)nc2ccccc12. The number of nitrogens with one attached hydrogen (secondary N) is 1. The molecule has 1 heterocycles. The van der Waals surface area contributed by atoms with E-state index in [-0.39, 0.29) is 24.5 Å². The molecular formula is C18H21N3O2. The summed E-state index contributed by atoms with van der Waals surface area (Å²) in [7, 11) is 3.91. The topological polar surface area (TPSA) is 65.5 Å². The van der Waals surface area contributed by atoms with Gasteiger partial charge < -0.3 is 15.3 Å². The van der Waals surface area contributed by atoms with Crippen molar-refractivity contribution in [3.05, 3.63) is 48.2 Å². The minimum absolute atomic E-state index is 0.0456. The van der Waals surface area contributed by atoms with Crippen LogP contribution in [-0.4, -0.2) is 42.7 Å². The maximum atomic E-state index is 12.5. The molecule has 2 atom stereocenters. The van der Waals surface area contributed by atoms with Crippen molar-refractivity contribution < 1.29 is 9.90 Å². The molecule has 2 aromatic rings. The quantitative estimate of drug-likeness (QED) is 0.847. The van der Waals surface area contributed by atoms with Gasteiger partial charge in [0.2, 0.25) is 0 Å². The Morgan fingerprint density at radius 2 is 2.13 bits per heavy atom. The molecule has 0 saturated carbocycles. The number of anilines is 1. The van der Waals surface area contributed by atoms with Gasteiger partial charge in [-0.2, -0.15) is 0 Å². The number of amides is 1. The fourth-order valence-electron chi connectivity index (χ4n) is 2.90. The van der Waals surface area contributed by atoms with Crippen molar-refractivity contribution in [2.45, 2.75) is 12.5 Å². The van der Waals surface area contributed by atoms with Gasteiger partial charge in [-0.1, -0.05) is 30.4 Å². The lowest BCUT2D eigenvalue weighted by molar-refractivity contribution is 0.0936. The molecule has 0 spiro atoms. The van der Waals surface area contributed by atoms with Crippen LogP contribution in [0.5, 0.6) is 0 Å². The number of hydrogen-bond donors (Lipinski definition) is 2. The number of carbonyl (C=O) groups excluding carboxylic acids is 1. The maximum Gasteiger partial charge on any atom is 0.270 e. The lowest BCUT2D eigenvalue weighted by Crippen LogP contribution is -2.33. The van der Waals surface area contributed by atoms with E-state index in [1.54, 1.807) is 0 Å². The van der Waals surface area contributed by atoms with E-state index >= 15 is 0 Å². The van der Waals surface area contributed by atoms with E-state index in [1.807, 2.05) is 61.5 Å². The average molecular weight is 311 g/mol. The number of aliphatic hydroxyl groups is 1. The van der Waals surface area contributed by atoms with E-state index in [4.69, 9.17) is 5.11 Å². The molecule has 1 aliphatic rings. The van der Waals surface area contributed by atoms with Gasteiger partial charge in [-0.3, -0.25) is 4.79 Å². The number of nitrogens with zero attached hydrogens (tertiary/aromatic N) is 2. The summed E-state index contributed by atoms with van der Waals surface area (Å²) in [4.78, 5) is 19.0. The van der Waals surface area contributed by atoms with Gasteiger partial charge in [0, 0.05) is 43.7 Å². The standard InChI is InChI=1S/C18H21N3O2/c1-21(2)17-10-16(20-15-6-4-3-5-14(15)17)18(23)19-13-8-7-12(9-13)11-22/h3-8,10,12-13,22H,9,11H2,1-2H3,(H,19,23)/t12-,13+/m0/s1. The van der Waals surface area contributed by atoms with Gasteiger partial charge in [-0.05, 0) is 18.6 Å². The van der Waals surface area contributed by atoms with Crippen LogP contribution in [0.2, 0.25) is 0 Å². The second-order valence-electron chi connectivity index (χ2n) is 6.08. The van der Waals surface area contributed by atoms with Crippen LogP contribution < -0.4 is 10.2 Å². The molecule has 1 aromatic heterocycles. The van der Waals surface area contributed by atoms with E-state index < -0.39 is 0 Å². The van der Waals surface area contributed by atoms with Crippen LogP contribution >= 0.6 is 0 Å². The second-order valence-corrected chi connectivity index (χ2v) is 6.08. The summed E-state index contributed by atoms with van der Waals surface area (Å²) in [5.41, 5.74) is 2.18. The lowest BCUT2D eigenvalue weighted by Gasteiger charge is -2.17. The first-order valence-corrected chi connectivity index (χ1v) is 7.75. The van der Waals surface area contributed by atoms with Crippen molar-refractivity contribution in [3.63, 3.8) is 0 Å². The highest BCUT2D eigenvalue weighted by Gasteiger charge is 2.21. The Morgan fingerprint density at radius 3 is 2.83 bits per heavy atom. The van der Waals surface area contributed by atoms with Crippen LogP contribution in [0.4, 0.5) is 5.69 Å². The minimum Gasteiger partial charge on any atom is -0.396 e. The second kappa shape index (κ2) is 6.38. The van der Waals surface area contributed by atoms with Crippen LogP contribution in [0.25, 0.3) is 10.9 Å². The molecule has 0 bridgehead atoms. The first-order chi connectivity index (χ1) is 11.1. The number of carbonyl (C=O) groups is 1. The minimum atomic E-state index is -0.188. The van der Waals surface area contributed by atoms with Gasteiger partial charge in [0.05, 0.1) is 5.52 Å². The molecule has 2 N–H and O–H groups in total. The van der Waals surface area contributed by atoms with Gasteiger partial charge in [0.25, 0.3) is 5.91 Å². The Kier molecular flexibility index (Phi) is 4.30. The molecule has 5 nitrogen and oxygen atoms in total. The number of benzene rings is 1. The summed E-state index contributed by atoms with van der Waals surface area (Å²) in [6.07, 6.45) is 4.62. The zero-order chi connectivity index (χ0) is 16.4. The zero-order valence-corrected chi connectivity index (χ0v) is 13.4. The van der Waals surface area contributed by atoms with Crippen molar-refractivity contribution in [2.24, 2.45) is 5.92 Å². The normalized spacial score (nSPS) is 20.0. The predicted molar refractivity (Wildman–Crippen MR) is 91.7 cm³/mol. The maximum absolute atomic E-state index is 12.5. The van der Waals surface area contributed by atoms with E-state index in [2.05, 4.69) is 10.3 Å². The number of aliphatic hydroxyl groups excluding tert-OH is 1. The van der Waals surface area contributed by atoms with Crippen molar-refractivity contribution >= 4 is 22.5 Å². The fourth-order valence-corrected chi connectivity index (χ4v) is 2.90. The summed E-state index contributed by atoms with van der Waals surface area (Å²) in [6.45, 7) is 0.113. The van der Waals surface area contributed by atoms with E-state index in [9.17, 15) is 4.79 Å². The molecule has 1 amide bonds. The molecule has 120 valence electrons. The first kappa shape index (κ1) is 15.5. The van der Waals surface area contributed by atoms with E-state index in [0.29, 0.717) is 5.69 Å². The molecule has 23 heavy (non-hydrogen) atoms. The Hall–Kier alpha value is -2.40. The molecule has 0 unspecified atom stereocenters. The molecule has 1 aromatic carbocycles. The smallest absolute Gasteiger partial charge is 0.270 e. The molecule has 0 fully saturated rings. The molecule has 1 aliphatic carbocycles. The number of fused-ring (bicyclic) bond motifs is 1. The summed E-state index contributed by atoms with van der Waals surface area (Å²) in [6, 6.07) is 9.58. The average Bonchev–Trinajstić information content (AvgIpc) is 3.01. The van der Waals surface area contributed by atoms with E-state index in [0.717, 1.165) is 23.0 Å². The van der Waals surface area contributed by atoms with Crippen LogP contribution in [0.1, 0.15) is 16.9 Å². The highest BCUT2D eigenvalue weighted by atomic mass is 16.3. The zero-order valence-electron chi connectivity index (χ0n) is 13.4. The first-order valence-electron chi connectivity index (χ1n) is 7.75. The largest absolute Gasteiger partial charge is 0.396 e. The number of rotatable bonds is 4. The molecular weight excluding hydrogens is 290 g/mol. The van der Waals surface area contributed by atoms with Gasteiger partial charge in [0.15, 0.2) is 0 Å². The van der Waals surface area contributed by atoms with Crippen LogP contribution in [0.15, 0.2) is 42.5 Å². The van der Waals surface area contributed by atoms with Crippen molar-refractivity contribution in [1.82, 2.24) is 10.3 Å². The predicted octanol–water partition coefficient (Wildman–Crippen LogP) is 1.97. The summed E-state index contributed by atoms with van der Waals surface area (Å²) >= 11 is 0. The van der Waals surface area contributed by atoms with Crippen molar-refractivity contribution in [2.75, 3.05) is 25.6 Å².